The average Bonchev–Trinajstić information content (AvgIpc) is 2.35. The summed E-state index contributed by atoms with van der Waals surface area (Å²) < 4.78 is 0. The highest BCUT2D eigenvalue weighted by atomic mass is 16.4. The summed E-state index contributed by atoms with van der Waals surface area (Å²) in [6, 6.07) is 0. The van der Waals surface area contributed by atoms with Gasteiger partial charge in [-0.25, -0.2) is 0 Å². The van der Waals surface area contributed by atoms with E-state index in [1.54, 1.807) is 6.08 Å². The van der Waals surface area contributed by atoms with Crippen LogP contribution in [-0.2, 0) is 9.59 Å². The van der Waals surface area contributed by atoms with E-state index in [9.17, 15) is 9.59 Å². The molecule has 0 aromatic rings. The molecule has 0 radical (unpaired) electrons. The van der Waals surface area contributed by atoms with Gasteiger partial charge < -0.3 is 10.0 Å². The summed E-state index contributed by atoms with van der Waals surface area (Å²) in [5, 5.41) is 8.69. The van der Waals surface area contributed by atoms with Crippen molar-refractivity contribution < 1.29 is 14.7 Å². The first-order valence-electron chi connectivity index (χ1n) is 6.87. The summed E-state index contributed by atoms with van der Waals surface area (Å²) in [6.45, 7) is 10.4. The molecule has 0 saturated heterocycles. The lowest BCUT2D eigenvalue weighted by Crippen LogP contribution is -2.41. The Morgan fingerprint density at radius 1 is 1.16 bits per heavy atom. The Morgan fingerprint density at radius 2 is 1.74 bits per heavy atom. The molecule has 0 aliphatic rings. The maximum Gasteiger partial charge on any atom is 0.304 e. The molecule has 19 heavy (non-hydrogen) atoms. The Balaban J connectivity index is 4.39. The summed E-state index contributed by atoms with van der Waals surface area (Å²) >= 11 is 0. The molecule has 1 amide bonds. The van der Waals surface area contributed by atoms with Crippen LogP contribution in [0.4, 0.5) is 0 Å². The zero-order valence-corrected chi connectivity index (χ0v) is 12.1. The molecule has 110 valence electrons. The minimum Gasteiger partial charge on any atom is -0.481 e. The first-order valence-corrected chi connectivity index (χ1v) is 6.87. The van der Waals surface area contributed by atoms with Crippen LogP contribution in [-0.4, -0.2) is 59.5 Å². The van der Waals surface area contributed by atoms with Gasteiger partial charge >= 0.3 is 5.97 Å². The molecule has 0 aliphatic heterocycles. The molecule has 0 saturated carbocycles. The first kappa shape index (κ1) is 17.6. The number of carbonyl (C=O) groups is 2. The molecule has 0 aliphatic carbocycles. The van der Waals surface area contributed by atoms with Gasteiger partial charge in [0.2, 0.25) is 5.91 Å². The second kappa shape index (κ2) is 10.6. The molecule has 0 spiro atoms. The van der Waals surface area contributed by atoms with Gasteiger partial charge in [-0.2, -0.15) is 0 Å². The van der Waals surface area contributed by atoms with Crippen LogP contribution in [0.3, 0.4) is 0 Å². The number of aliphatic carboxylic acids is 1. The van der Waals surface area contributed by atoms with E-state index in [0.29, 0.717) is 13.1 Å². The summed E-state index contributed by atoms with van der Waals surface area (Å²) in [7, 11) is 0. The zero-order valence-electron chi connectivity index (χ0n) is 12.1. The number of carboxylic acids is 1. The standard InChI is InChI=1S/C14H26N2O3/c1-4-8-15(11-7-14(18)19)12-13(17)16(9-5-2)10-6-3/h4H,1,5-12H2,2-3H3,(H,18,19). The maximum atomic E-state index is 12.2. The van der Waals surface area contributed by atoms with Crippen LogP contribution in [0.5, 0.6) is 0 Å². The van der Waals surface area contributed by atoms with Crippen molar-refractivity contribution in [2.24, 2.45) is 0 Å². The van der Waals surface area contributed by atoms with Gasteiger partial charge in [-0.15, -0.1) is 6.58 Å². The van der Waals surface area contributed by atoms with E-state index in [2.05, 4.69) is 6.58 Å². The third kappa shape index (κ3) is 8.37. The van der Waals surface area contributed by atoms with Gasteiger partial charge in [0.1, 0.15) is 0 Å². The second-order valence-corrected chi connectivity index (χ2v) is 4.55. The summed E-state index contributed by atoms with van der Waals surface area (Å²) in [5.41, 5.74) is 0. The third-order valence-corrected chi connectivity index (χ3v) is 2.73. The van der Waals surface area contributed by atoms with Crippen molar-refractivity contribution in [3.8, 4) is 0 Å². The van der Waals surface area contributed by atoms with Crippen LogP contribution >= 0.6 is 0 Å². The first-order chi connectivity index (χ1) is 9.04. The van der Waals surface area contributed by atoms with Crippen LogP contribution in [0.25, 0.3) is 0 Å². The number of hydrogen-bond acceptors (Lipinski definition) is 3. The number of carboxylic acid groups (broad SMARTS) is 1. The number of nitrogens with zero attached hydrogens (tertiary/aromatic N) is 2. The highest BCUT2D eigenvalue weighted by Gasteiger charge is 2.16. The smallest absolute Gasteiger partial charge is 0.304 e. The highest BCUT2D eigenvalue weighted by Crippen LogP contribution is 2.00. The van der Waals surface area contributed by atoms with Crippen LogP contribution in [0.1, 0.15) is 33.1 Å². The van der Waals surface area contributed by atoms with E-state index in [0.717, 1.165) is 25.9 Å². The van der Waals surface area contributed by atoms with Crippen molar-refractivity contribution in [1.29, 1.82) is 0 Å². The van der Waals surface area contributed by atoms with Gasteiger partial charge in [-0.1, -0.05) is 19.9 Å². The SMILES string of the molecule is C=CCN(CCC(=O)O)CC(=O)N(CCC)CCC. The Hall–Kier alpha value is -1.36. The van der Waals surface area contributed by atoms with Gasteiger partial charge in [0.15, 0.2) is 0 Å². The molecule has 0 aromatic heterocycles. The minimum atomic E-state index is -0.847. The predicted molar refractivity (Wildman–Crippen MR) is 76.1 cm³/mol. The second-order valence-electron chi connectivity index (χ2n) is 4.55. The van der Waals surface area contributed by atoms with E-state index in [1.807, 2.05) is 23.6 Å². The van der Waals surface area contributed by atoms with Crippen LogP contribution in [0.2, 0.25) is 0 Å². The Morgan fingerprint density at radius 3 is 2.16 bits per heavy atom. The van der Waals surface area contributed by atoms with Crippen LogP contribution in [0.15, 0.2) is 12.7 Å². The van der Waals surface area contributed by atoms with Crippen molar-refractivity contribution in [2.75, 3.05) is 32.7 Å². The molecular weight excluding hydrogens is 244 g/mol. The molecule has 5 nitrogen and oxygen atoms in total. The maximum absolute atomic E-state index is 12.2. The van der Waals surface area contributed by atoms with Crippen molar-refractivity contribution in [1.82, 2.24) is 9.80 Å². The molecule has 0 bridgehead atoms. The number of amides is 1. The normalized spacial score (nSPS) is 10.5. The van der Waals surface area contributed by atoms with Crippen molar-refractivity contribution in [2.45, 2.75) is 33.1 Å². The van der Waals surface area contributed by atoms with E-state index < -0.39 is 5.97 Å². The predicted octanol–water partition coefficient (Wildman–Crippen LogP) is 1.60. The molecule has 0 atom stereocenters. The largest absolute Gasteiger partial charge is 0.481 e. The molecule has 0 fully saturated rings. The highest BCUT2D eigenvalue weighted by molar-refractivity contribution is 5.78. The van der Waals surface area contributed by atoms with Gasteiger partial charge in [0.25, 0.3) is 0 Å². The van der Waals surface area contributed by atoms with Gasteiger partial charge in [0.05, 0.1) is 13.0 Å². The molecule has 0 rings (SSSR count). The van der Waals surface area contributed by atoms with Gasteiger partial charge in [-0.05, 0) is 12.8 Å². The minimum absolute atomic E-state index is 0.0443. The third-order valence-electron chi connectivity index (χ3n) is 2.73. The molecule has 0 heterocycles. The molecule has 0 unspecified atom stereocenters. The number of hydrogen-bond donors (Lipinski definition) is 1. The van der Waals surface area contributed by atoms with Crippen molar-refractivity contribution in [3.63, 3.8) is 0 Å². The number of carbonyl (C=O) groups excluding carboxylic acids is 1. The monoisotopic (exact) mass is 270 g/mol. The molecular formula is C14H26N2O3. The summed E-state index contributed by atoms with van der Waals surface area (Å²) in [6.07, 6.45) is 3.60. The van der Waals surface area contributed by atoms with Crippen molar-refractivity contribution >= 4 is 11.9 Å². The van der Waals surface area contributed by atoms with E-state index in [1.165, 1.54) is 0 Å². The topological polar surface area (TPSA) is 60.9 Å². The van der Waals surface area contributed by atoms with Gasteiger partial charge in [0, 0.05) is 26.2 Å². The van der Waals surface area contributed by atoms with Crippen LogP contribution < -0.4 is 0 Å². The molecule has 1 N–H and O–H groups in total. The average molecular weight is 270 g/mol. The Bertz CT molecular complexity index is 286. The summed E-state index contributed by atoms with van der Waals surface area (Å²) in [4.78, 5) is 26.4. The lowest BCUT2D eigenvalue weighted by Gasteiger charge is -2.26. The molecule has 5 heteroatoms. The fourth-order valence-electron chi connectivity index (χ4n) is 1.86. The van der Waals surface area contributed by atoms with Crippen molar-refractivity contribution in [3.05, 3.63) is 12.7 Å². The fraction of sp³-hybridized carbons (Fsp3) is 0.714. The fourth-order valence-corrected chi connectivity index (χ4v) is 1.86. The Kier molecular flexibility index (Phi) is 9.80. The lowest BCUT2D eigenvalue weighted by molar-refractivity contribution is -0.138. The quantitative estimate of drug-likeness (QED) is 0.579. The van der Waals surface area contributed by atoms with E-state index in [-0.39, 0.29) is 18.9 Å². The van der Waals surface area contributed by atoms with Gasteiger partial charge in [-0.3, -0.25) is 14.5 Å². The zero-order chi connectivity index (χ0) is 14.7. The molecule has 0 aromatic carbocycles. The number of rotatable bonds is 11. The Labute approximate surface area is 115 Å². The lowest BCUT2D eigenvalue weighted by atomic mass is 10.3. The summed E-state index contributed by atoms with van der Waals surface area (Å²) in [5.74, 6) is -0.781. The van der Waals surface area contributed by atoms with Crippen LogP contribution in [0, 0.1) is 0 Å². The van der Waals surface area contributed by atoms with E-state index in [4.69, 9.17) is 5.11 Å². The van der Waals surface area contributed by atoms with E-state index >= 15 is 0 Å².